The lowest BCUT2D eigenvalue weighted by molar-refractivity contribution is -0.130. The number of aromatic amines is 1. The maximum atomic E-state index is 13.2. The molecule has 2 fully saturated rings. The number of fused-ring (bicyclic) bond motifs is 3. The van der Waals surface area contributed by atoms with Crippen molar-refractivity contribution < 1.29 is 9.59 Å². The Kier molecular flexibility index (Phi) is 3.14. The van der Waals surface area contributed by atoms with Gasteiger partial charge >= 0.3 is 0 Å². The van der Waals surface area contributed by atoms with E-state index >= 15 is 0 Å². The van der Waals surface area contributed by atoms with Crippen LogP contribution in [0.25, 0.3) is 11.0 Å². The van der Waals surface area contributed by atoms with E-state index in [1.807, 2.05) is 37.1 Å². The van der Waals surface area contributed by atoms with Crippen molar-refractivity contribution in [3.63, 3.8) is 0 Å². The van der Waals surface area contributed by atoms with E-state index in [1.165, 1.54) is 0 Å². The van der Waals surface area contributed by atoms with E-state index in [1.54, 1.807) is 4.90 Å². The van der Waals surface area contributed by atoms with Gasteiger partial charge in [0, 0.05) is 32.1 Å². The molecule has 0 aliphatic carbocycles. The highest BCUT2D eigenvalue weighted by molar-refractivity contribution is 6.05. The number of carbonyl (C=O) groups excluding carboxylic acids is 2. The van der Waals surface area contributed by atoms with Gasteiger partial charge in [0.05, 0.1) is 11.1 Å². The first kappa shape index (κ1) is 14.2. The van der Waals surface area contributed by atoms with Crippen molar-refractivity contribution in [1.82, 2.24) is 19.8 Å². The van der Waals surface area contributed by atoms with Crippen LogP contribution in [0.1, 0.15) is 35.4 Å². The normalized spacial score (nSPS) is 24.3. The summed E-state index contributed by atoms with van der Waals surface area (Å²) in [5, 5.41) is 0. The zero-order valence-corrected chi connectivity index (χ0v) is 13.4. The van der Waals surface area contributed by atoms with E-state index in [-0.39, 0.29) is 23.9 Å². The lowest BCUT2D eigenvalue weighted by atomic mass is 10.1. The molecule has 0 spiro atoms. The smallest absolute Gasteiger partial charge is 0.256 e. The molecule has 2 aliphatic heterocycles. The number of nitrogens with one attached hydrogen (secondary N) is 1. The molecule has 2 aliphatic rings. The van der Waals surface area contributed by atoms with Gasteiger partial charge in [-0.1, -0.05) is 6.07 Å². The number of imidazole rings is 1. The summed E-state index contributed by atoms with van der Waals surface area (Å²) in [6.45, 7) is 2.51. The molecular formula is C17H20N4O2. The Morgan fingerprint density at radius 2 is 2.09 bits per heavy atom. The summed E-state index contributed by atoms with van der Waals surface area (Å²) in [4.78, 5) is 36.6. The minimum atomic E-state index is -0.00213. The van der Waals surface area contributed by atoms with Gasteiger partial charge in [0.25, 0.3) is 5.91 Å². The number of amides is 2. The first-order chi connectivity index (χ1) is 11.0. The first-order valence-electron chi connectivity index (χ1n) is 8.06. The average molecular weight is 312 g/mol. The van der Waals surface area contributed by atoms with E-state index < -0.39 is 0 Å². The predicted octanol–water partition coefficient (Wildman–Crippen LogP) is 1.71. The molecule has 6 nitrogen and oxygen atoms in total. The van der Waals surface area contributed by atoms with E-state index in [2.05, 4.69) is 9.97 Å². The Hall–Kier alpha value is -2.37. The maximum Gasteiger partial charge on any atom is 0.256 e. The van der Waals surface area contributed by atoms with Gasteiger partial charge in [0.2, 0.25) is 5.91 Å². The van der Waals surface area contributed by atoms with Crippen molar-refractivity contribution >= 4 is 22.8 Å². The van der Waals surface area contributed by atoms with Gasteiger partial charge in [-0.3, -0.25) is 9.59 Å². The average Bonchev–Trinajstić information content (AvgIpc) is 3.04. The molecule has 2 bridgehead atoms. The standard InChI is InChI=1S/C17H20N4O2/c1-10-18-14-5-3-4-13(16(14)19-10)17(23)21-11-6-7-12(21)9-20(2)15(22)8-11/h3-5,11-12H,6-9H2,1-2H3,(H,18,19)/t11-,12+/m1/s1. The van der Waals surface area contributed by atoms with Crippen LogP contribution in [0.5, 0.6) is 0 Å². The summed E-state index contributed by atoms with van der Waals surface area (Å²) in [6.07, 6.45) is 2.30. The van der Waals surface area contributed by atoms with Gasteiger partial charge < -0.3 is 14.8 Å². The SMILES string of the molecule is Cc1nc2c(C(=O)N3[C@@H]4CC[C@H]3CN(C)C(=O)C4)cccc2[nH]1. The molecule has 120 valence electrons. The zero-order chi connectivity index (χ0) is 16.1. The first-order valence-corrected chi connectivity index (χ1v) is 8.06. The van der Waals surface area contributed by atoms with Crippen LogP contribution >= 0.6 is 0 Å². The Morgan fingerprint density at radius 3 is 2.91 bits per heavy atom. The Balaban J connectivity index is 1.74. The van der Waals surface area contributed by atoms with Crippen molar-refractivity contribution in [2.24, 2.45) is 0 Å². The van der Waals surface area contributed by atoms with Gasteiger partial charge in [-0.15, -0.1) is 0 Å². The van der Waals surface area contributed by atoms with Gasteiger partial charge in [-0.05, 0) is 31.9 Å². The fraction of sp³-hybridized carbons (Fsp3) is 0.471. The molecule has 2 aromatic rings. The summed E-state index contributed by atoms with van der Waals surface area (Å²) in [6, 6.07) is 5.77. The van der Waals surface area contributed by atoms with E-state index in [0.29, 0.717) is 18.5 Å². The number of para-hydroxylation sites is 1. The van der Waals surface area contributed by atoms with Crippen LogP contribution in [-0.4, -0.2) is 57.3 Å². The quantitative estimate of drug-likeness (QED) is 0.871. The van der Waals surface area contributed by atoms with Crippen LogP contribution in [0.3, 0.4) is 0 Å². The molecule has 23 heavy (non-hydrogen) atoms. The second-order valence-electron chi connectivity index (χ2n) is 6.60. The number of nitrogens with zero attached hydrogens (tertiary/aromatic N) is 3. The molecule has 3 heterocycles. The third kappa shape index (κ3) is 2.20. The number of hydrogen-bond donors (Lipinski definition) is 1. The summed E-state index contributed by atoms with van der Waals surface area (Å²) < 4.78 is 0. The molecule has 1 aromatic heterocycles. The van der Waals surface area contributed by atoms with Gasteiger partial charge in [-0.2, -0.15) is 0 Å². The van der Waals surface area contributed by atoms with Crippen LogP contribution in [0.15, 0.2) is 18.2 Å². The molecular weight excluding hydrogens is 292 g/mol. The lowest BCUT2D eigenvalue weighted by Gasteiger charge is -2.28. The molecule has 0 radical (unpaired) electrons. The topological polar surface area (TPSA) is 69.3 Å². The molecule has 1 N–H and O–H groups in total. The third-order valence-corrected chi connectivity index (χ3v) is 5.04. The number of H-pyrrole nitrogens is 1. The van der Waals surface area contributed by atoms with Gasteiger partial charge in [0.15, 0.2) is 0 Å². The molecule has 2 saturated heterocycles. The van der Waals surface area contributed by atoms with Crippen LogP contribution in [0.4, 0.5) is 0 Å². The zero-order valence-electron chi connectivity index (χ0n) is 13.4. The number of likely N-dealkylation sites (N-methyl/N-ethyl adjacent to an activating group) is 1. The summed E-state index contributed by atoms with van der Waals surface area (Å²) in [5.41, 5.74) is 2.22. The van der Waals surface area contributed by atoms with Crippen molar-refractivity contribution in [2.75, 3.05) is 13.6 Å². The van der Waals surface area contributed by atoms with Gasteiger partial charge in [-0.25, -0.2) is 4.98 Å². The largest absolute Gasteiger partial charge is 0.344 e. The fourth-order valence-electron chi connectivity index (χ4n) is 3.91. The molecule has 2 atom stereocenters. The summed E-state index contributed by atoms with van der Waals surface area (Å²) in [5.74, 6) is 0.926. The highest BCUT2D eigenvalue weighted by Gasteiger charge is 2.42. The van der Waals surface area contributed by atoms with Crippen LogP contribution < -0.4 is 0 Å². The molecule has 0 saturated carbocycles. The van der Waals surface area contributed by atoms with Crippen molar-refractivity contribution in [1.29, 1.82) is 0 Å². The number of hydrogen-bond acceptors (Lipinski definition) is 3. The Labute approximate surface area is 134 Å². The van der Waals surface area contributed by atoms with Crippen molar-refractivity contribution in [2.45, 2.75) is 38.3 Å². The highest BCUT2D eigenvalue weighted by Crippen LogP contribution is 2.32. The summed E-state index contributed by atoms with van der Waals surface area (Å²) >= 11 is 0. The van der Waals surface area contributed by atoms with Crippen molar-refractivity contribution in [3.8, 4) is 0 Å². The second kappa shape index (κ2) is 5.08. The van der Waals surface area contributed by atoms with Crippen molar-refractivity contribution in [3.05, 3.63) is 29.6 Å². The third-order valence-electron chi connectivity index (χ3n) is 5.04. The van der Waals surface area contributed by atoms with Crippen LogP contribution in [0.2, 0.25) is 0 Å². The maximum absolute atomic E-state index is 13.2. The number of likely N-dealkylation sites (tertiary alicyclic amines) is 1. The molecule has 6 heteroatoms. The molecule has 2 amide bonds. The Morgan fingerprint density at radius 1 is 1.30 bits per heavy atom. The van der Waals surface area contributed by atoms with E-state index in [4.69, 9.17) is 0 Å². The second-order valence-corrected chi connectivity index (χ2v) is 6.60. The fourth-order valence-corrected chi connectivity index (χ4v) is 3.91. The minimum Gasteiger partial charge on any atom is -0.344 e. The van der Waals surface area contributed by atoms with Crippen LogP contribution in [0, 0.1) is 6.92 Å². The minimum absolute atomic E-state index is 0.00213. The van der Waals surface area contributed by atoms with E-state index in [9.17, 15) is 9.59 Å². The number of aryl methyl sites for hydroxylation is 1. The number of benzene rings is 1. The number of rotatable bonds is 1. The number of aromatic nitrogens is 2. The molecule has 0 unspecified atom stereocenters. The number of carbonyl (C=O) groups is 2. The monoisotopic (exact) mass is 312 g/mol. The van der Waals surface area contributed by atoms with Gasteiger partial charge in [0.1, 0.15) is 11.3 Å². The Bertz CT molecular complexity index is 797. The summed E-state index contributed by atoms with van der Waals surface area (Å²) in [7, 11) is 1.82. The molecule has 1 aromatic carbocycles. The van der Waals surface area contributed by atoms with E-state index in [0.717, 1.165) is 29.7 Å². The highest BCUT2D eigenvalue weighted by atomic mass is 16.2. The molecule has 4 rings (SSSR count). The predicted molar refractivity (Wildman–Crippen MR) is 86.1 cm³/mol. The van der Waals surface area contributed by atoms with Crippen LogP contribution in [-0.2, 0) is 4.79 Å². The lowest BCUT2D eigenvalue weighted by Crippen LogP contribution is -2.42.